The third-order valence-electron chi connectivity index (χ3n) is 3.21. The second-order valence-electron chi connectivity index (χ2n) is 5.96. The van der Waals surface area contributed by atoms with Gasteiger partial charge in [-0.2, -0.15) is 5.57 Å². The van der Waals surface area contributed by atoms with Crippen molar-refractivity contribution in [2.45, 2.75) is 39.4 Å². The van der Waals surface area contributed by atoms with Gasteiger partial charge in [0.15, 0.2) is 0 Å². The van der Waals surface area contributed by atoms with Gasteiger partial charge in [-0.25, -0.2) is 11.3 Å². The summed E-state index contributed by atoms with van der Waals surface area (Å²) in [6.45, 7) is 9.30. The Balaban J connectivity index is -0.000000810. The second kappa shape index (κ2) is 11.1. The number of rotatable bonds is 3. The van der Waals surface area contributed by atoms with Crippen molar-refractivity contribution in [2.24, 2.45) is 0 Å². The predicted octanol–water partition coefficient (Wildman–Crippen LogP) is -4.52. The van der Waals surface area contributed by atoms with Crippen LogP contribution in [-0.4, -0.2) is 8.07 Å². The van der Waals surface area contributed by atoms with Crippen LogP contribution < -0.4 is 37.2 Å². The molecule has 0 spiro atoms. The quantitative estimate of drug-likeness (QED) is 0.358. The van der Waals surface area contributed by atoms with Gasteiger partial charge >= 0.3 is 21.7 Å². The van der Waals surface area contributed by atoms with Crippen LogP contribution in [0.3, 0.4) is 0 Å². The van der Waals surface area contributed by atoms with E-state index in [2.05, 4.69) is 63.0 Å². The molecule has 0 amide bonds. The van der Waals surface area contributed by atoms with E-state index in [4.69, 9.17) is 0 Å². The Morgan fingerprint density at radius 3 is 1.95 bits per heavy atom. The van der Waals surface area contributed by atoms with Crippen molar-refractivity contribution in [1.82, 2.24) is 0 Å². The normalized spacial score (nSPS) is 12.8. The molecular formula is C16H21Cl3SiTi. The van der Waals surface area contributed by atoms with Gasteiger partial charge in [-0.1, -0.05) is 55.9 Å². The first-order valence-electron chi connectivity index (χ1n) is 6.33. The molecule has 0 heterocycles. The van der Waals surface area contributed by atoms with Gasteiger partial charge in [0.1, 0.15) is 0 Å². The third kappa shape index (κ3) is 8.06. The Hall–Kier alpha value is 0.501. The third-order valence-corrected chi connectivity index (χ3v) is 5.16. The van der Waals surface area contributed by atoms with Crippen LogP contribution >= 0.6 is 0 Å². The van der Waals surface area contributed by atoms with Crippen molar-refractivity contribution < 1.29 is 58.9 Å². The Labute approximate surface area is 164 Å². The molecule has 0 saturated carbocycles. The van der Waals surface area contributed by atoms with E-state index in [1.165, 1.54) is 21.9 Å². The van der Waals surface area contributed by atoms with Gasteiger partial charge in [0, 0.05) is 8.07 Å². The van der Waals surface area contributed by atoms with E-state index in [-0.39, 0.29) is 58.9 Å². The maximum Gasteiger partial charge on any atom is 4.00 e. The monoisotopic (exact) mass is 394 g/mol. The Bertz CT molecular complexity index is 473. The Morgan fingerprint density at radius 2 is 1.52 bits per heavy atom. The van der Waals surface area contributed by atoms with Crippen molar-refractivity contribution >= 4 is 8.07 Å². The van der Waals surface area contributed by atoms with Gasteiger partial charge in [0.25, 0.3) is 0 Å². The van der Waals surface area contributed by atoms with Gasteiger partial charge in [-0.05, 0) is 18.9 Å². The summed E-state index contributed by atoms with van der Waals surface area (Å²) in [5.74, 6) is 0. The van der Waals surface area contributed by atoms with Crippen molar-refractivity contribution in [3.05, 3.63) is 58.3 Å². The Kier molecular flexibility index (Phi) is 14.0. The molecule has 0 bridgehead atoms. The fourth-order valence-corrected chi connectivity index (χ4v) is 3.35. The summed E-state index contributed by atoms with van der Waals surface area (Å²) >= 11 is 0. The summed E-state index contributed by atoms with van der Waals surface area (Å²) in [5.41, 5.74) is 4.19. The second-order valence-corrected chi connectivity index (χ2v) is 11.0. The molecule has 0 N–H and O–H groups in total. The van der Waals surface area contributed by atoms with E-state index < -0.39 is 8.07 Å². The van der Waals surface area contributed by atoms with Crippen LogP contribution in [-0.2, 0) is 28.1 Å². The molecule has 0 unspecified atom stereocenters. The number of benzene rings is 1. The molecule has 2 rings (SSSR count). The van der Waals surface area contributed by atoms with Gasteiger partial charge < -0.3 is 37.2 Å². The predicted molar refractivity (Wildman–Crippen MR) is 77.7 cm³/mol. The molecule has 114 valence electrons. The topological polar surface area (TPSA) is 0 Å². The van der Waals surface area contributed by atoms with Gasteiger partial charge in [0.2, 0.25) is 0 Å². The largest absolute Gasteiger partial charge is 4.00 e. The molecular weight excluding hydrogens is 374 g/mol. The van der Waals surface area contributed by atoms with E-state index in [9.17, 15) is 0 Å². The smallest absolute Gasteiger partial charge is 1.00 e. The Morgan fingerprint density at radius 1 is 1.00 bits per heavy atom. The molecule has 1 aliphatic rings. The zero-order valence-corrected chi connectivity index (χ0v) is 17.8. The maximum absolute atomic E-state index is 3.63. The molecule has 0 nitrogen and oxygen atoms in total. The summed E-state index contributed by atoms with van der Waals surface area (Å²) < 4.78 is 0. The number of hydrogen-bond acceptors (Lipinski definition) is 0. The van der Waals surface area contributed by atoms with Crippen LogP contribution in [0.5, 0.6) is 0 Å². The summed E-state index contributed by atoms with van der Waals surface area (Å²) in [6.07, 6.45) is 8.18. The fraction of sp³-hybridized carbons (Fsp3) is 0.375. The molecule has 0 radical (unpaired) electrons. The SMILES string of the molecule is Cc1ccc(CC2=[C-]C([Si](C)(C)C)=CC2)cc1.[Cl-].[Cl-].[Cl-].[Ti+4]. The van der Waals surface area contributed by atoms with E-state index in [0.717, 1.165) is 12.8 Å². The molecule has 0 aliphatic heterocycles. The minimum atomic E-state index is -1.16. The van der Waals surface area contributed by atoms with Crippen LogP contribution in [0.2, 0.25) is 19.6 Å². The molecule has 1 aromatic rings. The van der Waals surface area contributed by atoms with Gasteiger partial charge in [-0.3, -0.25) is 6.08 Å². The molecule has 21 heavy (non-hydrogen) atoms. The number of aryl methyl sites for hydroxylation is 1. The zero-order valence-electron chi connectivity index (χ0n) is 12.9. The molecule has 0 atom stereocenters. The average molecular weight is 396 g/mol. The summed E-state index contributed by atoms with van der Waals surface area (Å²) in [4.78, 5) is 0. The molecule has 1 aliphatic carbocycles. The fourth-order valence-electron chi connectivity index (χ4n) is 2.08. The molecule has 5 heteroatoms. The van der Waals surface area contributed by atoms with Gasteiger partial charge in [0.05, 0.1) is 0 Å². The van der Waals surface area contributed by atoms with Crippen LogP contribution in [0, 0.1) is 13.0 Å². The first-order chi connectivity index (χ1) is 7.95. The minimum absolute atomic E-state index is 0. The number of hydrogen-bond donors (Lipinski definition) is 0. The van der Waals surface area contributed by atoms with Crippen LogP contribution in [0.15, 0.2) is 41.1 Å². The maximum atomic E-state index is 3.63. The van der Waals surface area contributed by atoms with E-state index >= 15 is 0 Å². The summed E-state index contributed by atoms with van der Waals surface area (Å²) in [5, 5.41) is 1.50. The van der Waals surface area contributed by atoms with Crippen LogP contribution in [0.25, 0.3) is 0 Å². The molecule has 0 saturated heterocycles. The van der Waals surface area contributed by atoms with E-state index in [0.29, 0.717) is 0 Å². The van der Waals surface area contributed by atoms with Crippen molar-refractivity contribution in [2.75, 3.05) is 0 Å². The van der Waals surface area contributed by atoms with Gasteiger partial charge in [-0.15, -0.1) is 0 Å². The number of allylic oxidation sites excluding steroid dienone is 4. The van der Waals surface area contributed by atoms with Crippen molar-refractivity contribution in [3.63, 3.8) is 0 Å². The van der Waals surface area contributed by atoms with Crippen molar-refractivity contribution in [3.8, 4) is 0 Å². The number of halogens is 3. The van der Waals surface area contributed by atoms with Crippen molar-refractivity contribution in [1.29, 1.82) is 0 Å². The zero-order chi connectivity index (χ0) is 12.5. The summed E-state index contributed by atoms with van der Waals surface area (Å²) in [6, 6.07) is 8.85. The van der Waals surface area contributed by atoms with Crippen LogP contribution in [0.1, 0.15) is 17.5 Å². The summed E-state index contributed by atoms with van der Waals surface area (Å²) in [7, 11) is -1.16. The van der Waals surface area contributed by atoms with Crippen LogP contribution in [0.4, 0.5) is 0 Å². The molecule has 0 fully saturated rings. The molecule has 0 aromatic heterocycles. The average Bonchev–Trinajstić information content (AvgIpc) is 2.69. The molecule has 1 aromatic carbocycles. The standard InChI is InChI=1S/C16H21Si.3ClH.Ti/c1-13-5-7-14(8-6-13)11-15-9-10-16(12-15)17(2,3)4;;;;/h5-8,10H,9,11H2,1-4H3;3*1H;/q-1;;;;+4/p-3. The minimum Gasteiger partial charge on any atom is -1.00 e. The first kappa shape index (κ1) is 26.4. The van der Waals surface area contributed by atoms with E-state index in [1.807, 2.05) is 0 Å². The first-order valence-corrected chi connectivity index (χ1v) is 9.83. The van der Waals surface area contributed by atoms with E-state index in [1.54, 1.807) is 0 Å².